The Morgan fingerprint density at radius 2 is 1.95 bits per heavy atom. The molecule has 0 radical (unpaired) electrons. The monoisotopic (exact) mass is 268 g/mol. The standard InChI is InChI=1S/C14H24N2O3/c1-9-11(17)15-14(4,5)12(18)16(9)8-10-6-7-13(2,3)19-10/h9-10H,6-8H2,1-5H3,(H,15,17). The fraction of sp³-hybridized carbons (Fsp3) is 0.857. The van der Waals surface area contributed by atoms with Crippen LogP contribution in [0.25, 0.3) is 0 Å². The van der Waals surface area contributed by atoms with Gasteiger partial charge in [0.05, 0.1) is 11.7 Å². The predicted molar refractivity (Wildman–Crippen MR) is 71.6 cm³/mol. The highest BCUT2D eigenvalue weighted by atomic mass is 16.5. The molecule has 1 N–H and O–H groups in total. The fourth-order valence-electron chi connectivity index (χ4n) is 2.81. The van der Waals surface area contributed by atoms with E-state index in [4.69, 9.17) is 4.74 Å². The third-order valence-corrected chi connectivity index (χ3v) is 4.03. The molecule has 0 aromatic rings. The van der Waals surface area contributed by atoms with Crippen molar-refractivity contribution in [1.82, 2.24) is 10.2 Å². The summed E-state index contributed by atoms with van der Waals surface area (Å²) in [5.41, 5.74) is -0.942. The molecule has 2 saturated heterocycles. The Balaban J connectivity index is 2.09. The maximum absolute atomic E-state index is 12.4. The molecule has 2 rings (SSSR count). The van der Waals surface area contributed by atoms with E-state index in [9.17, 15) is 9.59 Å². The summed E-state index contributed by atoms with van der Waals surface area (Å²) in [6.45, 7) is 9.87. The van der Waals surface area contributed by atoms with Crippen LogP contribution in [-0.4, -0.2) is 46.5 Å². The summed E-state index contributed by atoms with van der Waals surface area (Å²) < 4.78 is 5.93. The number of carbonyl (C=O) groups excluding carboxylic acids is 2. The van der Waals surface area contributed by atoms with E-state index in [1.807, 2.05) is 0 Å². The highest BCUT2D eigenvalue weighted by Gasteiger charge is 2.45. The Bertz CT molecular complexity index is 403. The minimum absolute atomic E-state index is 0.0306. The number of hydrogen-bond acceptors (Lipinski definition) is 3. The summed E-state index contributed by atoms with van der Waals surface area (Å²) in [6, 6.07) is -0.423. The number of piperazine rings is 1. The first-order chi connectivity index (χ1) is 8.62. The van der Waals surface area contributed by atoms with Gasteiger partial charge < -0.3 is 15.0 Å². The van der Waals surface area contributed by atoms with Gasteiger partial charge in [0, 0.05) is 6.54 Å². The minimum atomic E-state index is -0.822. The molecule has 108 valence electrons. The van der Waals surface area contributed by atoms with Gasteiger partial charge in [-0.25, -0.2) is 0 Å². The van der Waals surface area contributed by atoms with Crippen molar-refractivity contribution in [3.63, 3.8) is 0 Å². The Morgan fingerprint density at radius 1 is 1.32 bits per heavy atom. The number of carbonyl (C=O) groups is 2. The highest BCUT2D eigenvalue weighted by molar-refractivity contribution is 5.99. The predicted octanol–water partition coefficient (Wildman–Crippen LogP) is 1.07. The number of hydrogen-bond donors (Lipinski definition) is 1. The fourth-order valence-corrected chi connectivity index (χ4v) is 2.81. The molecule has 2 aliphatic rings. The van der Waals surface area contributed by atoms with Gasteiger partial charge in [-0.3, -0.25) is 9.59 Å². The second-order valence-electron chi connectivity index (χ2n) is 6.79. The molecule has 19 heavy (non-hydrogen) atoms. The molecule has 0 spiro atoms. The third kappa shape index (κ3) is 2.76. The Kier molecular flexibility index (Phi) is 3.37. The minimum Gasteiger partial charge on any atom is -0.371 e. The second kappa shape index (κ2) is 4.47. The largest absolute Gasteiger partial charge is 0.371 e. The molecule has 2 heterocycles. The van der Waals surface area contributed by atoms with Crippen molar-refractivity contribution in [3.8, 4) is 0 Å². The zero-order chi connectivity index (χ0) is 14.4. The normalized spacial score (nSPS) is 33.4. The first kappa shape index (κ1) is 14.3. The molecule has 2 unspecified atom stereocenters. The Morgan fingerprint density at radius 3 is 2.47 bits per heavy atom. The third-order valence-electron chi connectivity index (χ3n) is 4.03. The van der Waals surface area contributed by atoms with Crippen molar-refractivity contribution < 1.29 is 14.3 Å². The van der Waals surface area contributed by atoms with Crippen molar-refractivity contribution in [2.75, 3.05) is 6.54 Å². The van der Waals surface area contributed by atoms with Gasteiger partial charge in [0.1, 0.15) is 11.6 Å². The van der Waals surface area contributed by atoms with Crippen molar-refractivity contribution in [1.29, 1.82) is 0 Å². The van der Waals surface area contributed by atoms with Crippen molar-refractivity contribution >= 4 is 11.8 Å². The van der Waals surface area contributed by atoms with E-state index in [0.717, 1.165) is 12.8 Å². The van der Waals surface area contributed by atoms with E-state index in [1.54, 1.807) is 25.7 Å². The average molecular weight is 268 g/mol. The topological polar surface area (TPSA) is 58.6 Å². The van der Waals surface area contributed by atoms with E-state index in [2.05, 4.69) is 19.2 Å². The zero-order valence-electron chi connectivity index (χ0n) is 12.4. The molecule has 0 bridgehead atoms. The van der Waals surface area contributed by atoms with Gasteiger partial charge in [-0.15, -0.1) is 0 Å². The molecule has 0 aromatic carbocycles. The Labute approximate surface area is 114 Å². The van der Waals surface area contributed by atoms with Gasteiger partial charge in [0.2, 0.25) is 11.8 Å². The average Bonchev–Trinajstić information content (AvgIpc) is 2.61. The van der Waals surface area contributed by atoms with Crippen LogP contribution in [-0.2, 0) is 14.3 Å². The molecule has 2 atom stereocenters. The van der Waals surface area contributed by atoms with E-state index in [1.165, 1.54) is 0 Å². The van der Waals surface area contributed by atoms with Crippen LogP contribution in [0.3, 0.4) is 0 Å². The Hall–Kier alpha value is -1.10. The van der Waals surface area contributed by atoms with Crippen molar-refractivity contribution in [2.24, 2.45) is 0 Å². The first-order valence-electron chi connectivity index (χ1n) is 6.93. The van der Waals surface area contributed by atoms with Crippen LogP contribution >= 0.6 is 0 Å². The molecule has 2 amide bonds. The second-order valence-corrected chi connectivity index (χ2v) is 6.79. The van der Waals surface area contributed by atoms with Gasteiger partial charge in [0.15, 0.2) is 0 Å². The van der Waals surface area contributed by atoms with Gasteiger partial charge in [-0.1, -0.05) is 0 Å². The molecule has 0 saturated carbocycles. The zero-order valence-corrected chi connectivity index (χ0v) is 12.4. The first-order valence-corrected chi connectivity index (χ1v) is 6.93. The lowest BCUT2D eigenvalue weighted by Gasteiger charge is -2.42. The van der Waals surface area contributed by atoms with E-state index < -0.39 is 11.6 Å². The quantitative estimate of drug-likeness (QED) is 0.815. The summed E-state index contributed by atoms with van der Waals surface area (Å²) >= 11 is 0. The van der Waals surface area contributed by atoms with Crippen molar-refractivity contribution in [2.45, 2.75) is 70.7 Å². The maximum atomic E-state index is 12.4. The van der Waals surface area contributed by atoms with Crippen LogP contribution in [0.1, 0.15) is 47.5 Å². The van der Waals surface area contributed by atoms with Crippen LogP contribution in [0.15, 0.2) is 0 Å². The molecule has 5 heteroatoms. The molecular weight excluding hydrogens is 244 g/mol. The summed E-state index contributed by atoms with van der Waals surface area (Å²) in [6.07, 6.45) is 1.96. The maximum Gasteiger partial charge on any atom is 0.248 e. The molecule has 0 aliphatic carbocycles. The molecule has 0 aromatic heterocycles. The summed E-state index contributed by atoms with van der Waals surface area (Å²) in [5, 5.41) is 2.76. The lowest BCUT2D eigenvalue weighted by molar-refractivity contribution is -0.155. The van der Waals surface area contributed by atoms with Crippen molar-refractivity contribution in [3.05, 3.63) is 0 Å². The number of rotatable bonds is 2. The molecule has 2 aliphatic heterocycles. The van der Waals surface area contributed by atoms with Crippen LogP contribution in [0, 0.1) is 0 Å². The summed E-state index contributed by atoms with van der Waals surface area (Å²) in [5.74, 6) is -0.130. The molecule has 5 nitrogen and oxygen atoms in total. The number of nitrogens with zero attached hydrogens (tertiary/aromatic N) is 1. The van der Waals surface area contributed by atoms with E-state index in [-0.39, 0.29) is 23.5 Å². The van der Waals surface area contributed by atoms with Gasteiger partial charge in [-0.2, -0.15) is 0 Å². The molecular formula is C14H24N2O3. The molecule has 2 fully saturated rings. The number of amides is 2. The number of nitrogens with one attached hydrogen (secondary N) is 1. The van der Waals surface area contributed by atoms with Gasteiger partial charge >= 0.3 is 0 Å². The summed E-state index contributed by atoms with van der Waals surface area (Å²) in [7, 11) is 0. The van der Waals surface area contributed by atoms with Crippen LogP contribution in [0.5, 0.6) is 0 Å². The summed E-state index contributed by atoms with van der Waals surface area (Å²) in [4.78, 5) is 26.0. The van der Waals surface area contributed by atoms with Crippen LogP contribution in [0.4, 0.5) is 0 Å². The van der Waals surface area contributed by atoms with Gasteiger partial charge in [0.25, 0.3) is 0 Å². The number of ether oxygens (including phenoxy) is 1. The lowest BCUT2D eigenvalue weighted by Crippen LogP contribution is -2.68. The smallest absolute Gasteiger partial charge is 0.248 e. The van der Waals surface area contributed by atoms with Crippen LogP contribution in [0.2, 0.25) is 0 Å². The highest BCUT2D eigenvalue weighted by Crippen LogP contribution is 2.31. The lowest BCUT2D eigenvalue weighted by atomic mass is 9.96. The van der Waals surface area contributed by atoms with Gasteiger partial charge in [-0.05, 0) is 47.5 Å². The van der Waals surface area contributed by atoms with Crippen LogP contribution < -0.4 is 5.32 Å². The van der Waals surface area contributed by atoms with E-state index >= 15 is 0 Å². The SMILES string of the molecule is CC1C(=O)NC(C)(C)C(=O)N1CC1CCC(C)(C)O1. The van der Waals surface area contributed by atoms with E-state index in [0.29, 0.717) is 6.54 Å².